The highest BCUT2D eigenvalue weighted by atomic mass is 16.6. The molecule has 1 rings (SSSR count). The number of carbonyl (C=O) groups excluding carboxylic acids is 1. The van der Waals surface area contributed by atoms with Crippen molar-refractivity contribution in [3.05, 3.63) is 29.8 Å². The number of rotatable bonds is 5. The van der Waals surface area contributed by atoms with Gasteiger partial charge in [0.05, 0.1) is 6.61 Å². The molecule has 1 amide bonds. The SMILES string of the molecule is CCOC(=O)N(CC)Cc1ccc(N(C)C)cc1. The maximum Gasteiger partial charge on any atom is 0.410 e. The third kappa shape index (κ3) is 3.95. The van der Waals surface area contributed by atoms with E-state index in [9.17, 15) is 4.79 Å². The van der Waals surface area contributed by atoms with Crippen LogP contribution in [0.1, 0.15) is 19.4 Å². The van der Waals surface area contributed by atoms with Crippen molar-refractivity contribution in [2.45, 2.75) is 20.4 Å². The molecule has 18 heavy (non-hydrogen) atoms. The van der Waals surface area contributed by atoms with Gasteiger partial charge < -0.3 is 14.5 Å². The van der Waals surface area contributed by atoms with E-state index in [-0.39, 0.29) is 6.09 Å². The van der Waals surface area contributed by atoms with Gasteiger partial charge in [-0.3, -0.25) is 0 Å². The van der Waals surface area contributed by atoms with Gasteiger partial charge in [0.25, 0.3) is 0 Å². The molecule has 1 aromatic rings. The van der Waals surface area contributed by atoms with Gasteiger partial charge in [-0.15, -0.1) is 0 Å². The van der Waals surface area contributed by atoms with Crippen LogP contribution in [0, 0.1) is 0 Å². The van der Waals surface area contributed by atoms with Crippen LogP contribution in [0.4, 0.5) is 10.5 Å². The first-order valence-electron chi connectivity index (χ1n) is 6.26. The largest absolute Gasteiger partial charge is 0.450 e. The lowest BCUT2D eigenvalue weighted by atomic mass is 10.2. The average molecular weight is 250 g/mol. The Balaban J connectivity index is 2.67. The fraction of sp³-hybridized carbons (Fsp3) is 0.500. The number of anilines is 1. The first-order valence-corrected chi connectivity index (χ1v) is 6.26. The number of hydrogen-bond acceptors (Lipinski definition) is 3. The number of ether oxygens (including phenoxy) is 1. The van der Waals surface area contributed by atoms with Crippen LogP contribution < -0.4 is 4.90 Å². The summed E-state index contributed by atoms with van der Waals surface area (Å²) in [5, 5.41) is 0. The fourth-order valence-corrected chi connectivity index (χ4v) is 1.64. The summed E-state index contributed by atoms with van der Waals surface area (Å²) in [7, 11) is 4.01. The molecule has 0 bridgehead atoms. The van der Waals surface area contributed by atoms with Gasteiger partial charge >= 0.3 is 6.09 Å². The van der Waals surface area contributed by atoms with Crippen LogP contribution in [0.25, 0.3) is 0 Å². The third-order valence-corrected chi connectivity index (χ3v) is 2.73. The summed E-state index contributed by atoms with van der Waals surface area (Å²) in [6.45, 7) is 5.41. The zero-order valence-electron chi connectivity index (χ0n) is 11.6. The lowest BCUT2D eigenvalue weighted by Gasteiger charge is -2.20. The van der Waals surface area contributed by atoms with Crippen LogP contribution in [-0.2, 0) is 11.3 Å². The van der Waals surface area contributed by atoms with Gasteiger partial charge in [0.15, 0.2) is 0 Å². The predicted molar refractivity (Wildman–Crippen MR) is 73.9 cm³/mol. The van der Waals surface area contributed by atoms with E-state index in [4.69, 9.17) is 4.74 Å². The maximum absolute atomic E-state index is 11.6. The Morgan fingerprint density at radius 1 is 1.17 bits per heavy atom. The lowest BCUT2D eigenvalue weighted by molar-refractivity contribution is 0.107. The van der Waals surface area contributed by atoms with Crippen LogP contribution in [0.2, 0.25) is 0 Å². The smallest absolute Gasteiger partial charge is 0.410 e. The summed E-state index contributed by atoms with van der Waals surface area (Å²) in [6.07, 6.45) is -0.253. The number of carbonyl (C=O) groups is 1. The van der Waals surface area contributed by atoms with Crippen molar-refractivity contribution in [2.75, 3.05) is 32.1 Å². The molecule has 0 aliphatic rings. The van der Waals surface area contributed by atoms with Crippen molar-refractivity contribution in [3.8, 4) is 0 Å². The molecule has 0 N–H and O–H groups in total. The summed E-state index contributed by atoms with van der Waals surface area (Å²) in [5.41, 5.74) is 2.26. The summed E-state index contributed by atoms with van der Waals surface area (Å²) >= 11 is 0. The molecule has 0 saturated heterocycles. The van der Waals surface area contributed by atoms with Crippen molar-refractivity contribution < 1.29 is 9.53 Å². The second-order valence-corrected chi connectivity index (χ2v) is 4.27. The Morgan fingerprint density at radius 3 is 2.22 bits per heavy atom. The van der Waals surface area contributed by atoms with Crippen molar-refractivity contribution in [1.29, 1.82) is 0 Å². The average Bonchev–Trinajstić information content (AvgIpc) is 2.36. The van der Waals surface area contributed by atoms with E-state index in [0.717, 1.165) is 11.3 Å². The van der Waals surface area contributed by atoms with Crippen molar-refractivity contribution in [3.63, 3.8) is 0 Å². The molecule has 0 fully saturated rings. The molecule has 0 radical (unpaired) electrons. The van der Waals surface area contributed by atoms with Gasteiger partial charge in [0.2, 0.25) is 0 Å². The van der Waals surface area contributed by atoms with E-state index < -0.39 is 0 Å². The minimum Gasteiger partial charge on any atom is -0.450 e. The Morgan fingerprint density at radius 2 is 1.78 bits per heavy atom. The monoisotopic (exact) mass is 250 g/mol. The molecule has 0 heterocycles. The van der Waals surface area contributed by atoms with E-state index >= 15 is 0 Å². The van der Waals surface area contributed by atoms with Gasteiger partial charge in [-0.25, -0.2) is 4.79 Å². The van der Waals surface area contributed by atoms with E-state index in [2.05, 4.69) is 0 Å². The fourth-order valence-electron chi connectivity index (χ4n) is 1.64. The summed E-state index contributed by atoms with van der Waals surface area (Å²) in [4.78, 5) is 15.4. The van der Waals surface area contributed by atoms with E-state index in [1.807, 2.05) is 57.1 Å². The molecule has 0 atom stereocenters. The first-order chi connectivity index (χ1) is 8.58. The van der Waals surface area contributed by atoms with Crippen LogP contribution in [0.3, 0.4) is 0 Å². The molecule has 0 unspecified atom stereocenters. The van der Waals surface area contributed by atoms with Crippen molar-refractivity contribution >= 4 is 11.8 Å². The molecule has 0 aliphatic carbocycles. The van der Waals surface area contributed by atoms with Crippen molar-refractivity contribution in [2.24, 2.45) is 0 Å². The van der Waals surface area contributed by atoms with E-state index in [1.54, 1.807) is 4.90 Å². The zero-order chi connectivity index (χ0) is 13.5. The zero-order valence-corrected chi connectivity index (χ0v) is 11.6. The van der Waals surface area contributed by atoms with Crippen LogP contribution in [0.5, 0.6) is 0 Å². The number of amides is 1. The van der Waals surface area contributed by atoms with E-state index in [0.29, 0.717) is 19.7 Å². The summed E-state index contributed by atoms with van der Waals surface area (Å²) < 4.78 is 5.01. The summed E-state index contributed by atoms with van der Waals surface area (Å²) in [6, 6.07) is 8.18. The molecular formula is C14H22N2O2. The Labute approximate surface area is 109 Å². The highest BCUT2D eigenvalue weighted by Crippen LogP contribution is 2.14. The molecule has 0 saturated carbocycles. The second-order valence-electron chi connectivity index (χ2n) is 4.27. The molecule has 0 spiro atoms. The Kier molecular flexibility index (Phi) is 5.49. The standard InChI is InChI=1S/C14H22N2O2/c1-5-16(14(17)18-6-2)11-12-7-9-13(10-8-12)15(3)4/h7-10H,5-6,11H2,1-4H3. The third-order valence-electron chi connectivity index (χ3n) is 2.73. The number of nitrogens with zero attached hydrogens (tertiary/aromatic N) is 2. The highest BCUT2D eigenvalue weighted by molar-refractivity contribution is 5.67. The Hall–Kier alpha value is -1.71. The molecule has 4 nitrogen and oxygen atoms in total. The van der Waals surface area contributed by atoms with Gasteiger partial charge in [0.1, 0.15) is 0 Å². The Bertz CT molecular complexity index is 374. The van der Waals surface area contributed by atoms with Crippen LogP contribution in [-0.4, -0.2) is 38.2 Å². The van der Waals surface area contributed by atoms with Gasteiger partial charge in [-0.05, 0) is 31.5 Å². The van der Waals surface area contributed by atoms with Crippen molar-refractivity contribution in [1.82, 2.24) is 4.90 Å². The first kappa shape index (κ1) is 14.4. The molecular weight excluding hydrogens is 228 g/mol. The summed E-state index contributed by atoms with van der Waals surface area (Å²) in [5.74, 6) is 0. The lowest BCUT2D eigenvalue weighted by Crippen LogP contribution is -2.30. The second kappa shape index (κ2) is 6.89. The maximum atomic E-state index is 11.6. The van der Waals surface area contributed by atoms with Gasteiger partial charge in [0, 0.05) is 32.9 Å². The minimum absolute atomic E-state index is 0.253. The van der Waals surface area contributed by atoms with Crippen LogP contribution >= 0.6 is 0 Å². The minimum atomic E-state index is -0.253. The van der Waals surface area contributed by atoms with E-state index in [1.165, 1.54) is 0 Å². The molecule has 100 valence electrons. The molecule has 0 aliphatic heterocycles. The normalized spacial score (nSPS) is 10.0. The number of benzene rings is 1. The van der Waals surface area contributed by atoms with Crippen LogP contribution in [0.15, 0.2) is 24.3 Å². The van der Waals surface area contributed by atoms with Gasteiger partial charge in [-0.1, -0.05) is 12.1 Å². The quantitative estimate of drug-likeness (QED) is 0.805. The topological polar surface area (TPSA) is 32.8 Å². The molecule has 0 aromatic heterocycles. The molecule has 1 aromatic carbocycles. The number of hydrogen-bond donors (Lipinski definition) is 0. The predicted octanol–water partition coefficient (Wildman–Crippen LogP) is 2.73. The molecule has 4 heteroatoms. The highest BCUT2D eigenvalue weighted by Gasteiger charge is 2.12. The van der Waals surface area contributed by atoms with Gasteiger partial charge in [-0.2, -0.15) is 0 Å².